The molecule has 11 heteroatoms. The first-order chi connectivity index (χ1) is 48.7. The van der Waals surface area contributed by atoms with Crippen molar-refractivity contribution < 1.29 is 49.3 Å². The minimum absolute atomic E-state index is 0.0217. The van der Waals surface area contributed by atoms with Crippen LogP contribution in [0.2, 0.25) is 0 Å². The van der Waals surface area contributed by atoms with Gasteiger partial charge in [0.15, 0.2) is 6.29 Å². The molecule has 1 heterocycles. The number of ether oxygens (including phenoxy) is 3. The number of esters is 1. The number of unbranched alkanes of at least 4 members (excludes halogenated alkanes) is 58. The van der Waals surface area contributed by atoms with Crippen molar-refractivity contribution in [2.24, 2.45) is 0 Å². The summed E-state index contributed by atoms with van der Waals surface area (Å²) in [7, 11) is 0. The highest BCUT2D eigenvalue weighted by molar-refractivity contribution is 5.76. The van der Waals surface area contributed by atoms with Gasteiger partial charge in [-0.1, -0.05) is 390 Å². The Morgan fingerprint density at radius 2 is 0.657 bits per heavy atom. The summed E-state index contributed by atoms with van der Waals surface area (Å²) in [6, 6.07) is -0.832. The highest BCUT2D eigenvalue weighted by Gasteiger charge is 2.44. The quantitative estimate of drug-likeness (QED) is 0.0195. The van der Waals surface area contributed by atoms with Crippen LogP contribution in [-0.4, -0.2) is 100 Å². The molecule has 0 spiro atoms. The molecule has 0 radical (unpaired) electrons. The summed E-state index contributed by atoms with van der Waals surface area (Å²) in [6.45, 7) is 4.37. The van der Waals surface area contributed by atoms with E-state index in [-0.39, 0.29) is 18.5 Å². The van der Waals surface area contributed by atoms with Gasteiger partial charge in [-0.25, -0.2) is 0 Å². The lowest BCUT2D eigenvalue weighted by Crippen LogP contribution is -2.60. The van der Waals surface area contributed by atoms with Crippen LogP contribution < -0.4 is 5.32 Å². The Morgan fingerprint density at radius 3 is 1.01 bits per heavy atom. The maximum Gasteiger partial charge on any atom is 0.305 e. The Morgan fingerprint density at radius 1 is 0.364 bits per heavy atom. The lowest BCUT2D eigenvalue weighted by Gasteiger charge is -2.40. The van der Waals surface area contributed by atoms with E-state index in [4.69, 9.17) is 14.2 Å². The number of carbonyl (C=O) groups excluding carboxylic acids is 2. The number of amides is 1. The zero-order valence-corrected chi connectivity index (χ0v) is 65.2. The molecule has 7 unspecified atom stereocenters. The average molecular weight is 1400 g/mol. The standard InChI is InChI=1S/C88H165NO10/c1-3-5-7-9-11-13-15-17-19-20-45-48-52-56-60-64-68-72-76-84(93)97-77-73-69-65-61-57-53-49-46-43-41-39-37-35-33-31-29-27-25-23-21-22-24-26-28-30-32-34-36-38-40-42-44-47-51-55-59-63-67-71-75-83(92)89-80(79-98-88-87(96)86(95)85(94)82(78-90)99-88)81(91)74-70-66-62-58-54-50-18-16-14-12-10-8-6-4-2/h14,16,21-22,54,58,70,74,80-82,85-88,90-91,94-96H,3-13,15,17-20,23-53,55-57,59-69,71-73,75-79H2,1-2H3,(H,89,92)/b16-14+,22-21-,58-54+,74-70+. The summed E-state index contributed by atoms with van der Waals surface area (Å²) in [4.78, 5) is 25.2. The largest absolute Gasteiger partial charge is 0.466 e. The van der Waals surface area contributed by atoms with E-state index < -0.39 is 49.5 Å². The first-order valence-corrected chi connectivity index (χ1v) is 43.4. The fourth-order valence-corrected chi connectivity index (χ4v) is 13.9. The van der Waals surface area contributed by atoms with Gasteiger partial charge in [-0.2, -0.15) is 0 Å². The van der Waals surface area contributed by atoms with E-state index in [1.165, 1.54) is 347 Å². The van der Waals surface area contributed by atoms with Gasteiger partial charge in [-0.05, 0) is 83.5 Å². The first kappa shape index (κ1) is 94.6. The van der Waals surface area contributed by atoms with E-state index in [0.717, 1.165) is 64.2 Å². The van der Waals surface area contributed by atoms with Gasteiger partial charge >= 0.3 is 5.97 Å². The molecule has 1 aliphatic heterocycles. The van der Waals surface area contributed by atoms with Gasteiger partial charge < -0.3 is 45.1 Å². The predicted octanol–water partition coefficient (Wildman–Crippen LogP) is 24.2. The number of aliphatic hydroxyl groups excluding tert-OH is 5. The third-order valence-corrected chi connectivity index (χ3v) is 20.6. The number of nitrogens with one attached hydrogen (secondary N) is 1. The van der Waals surface area contributed by atoms with Gasteiger partial charge in [0.1, 0.15) is 24.4 Å². The number of carbonyl (C=O) groups is 2. The van der Waals surface area contributed by atoms with Gasteiger partial charge in [-0.3, -0.25) is 9.59 Å². The van der Waals surface area contributed by atoms with Crippen molar-refractivity contribution in [2.45, 2.75) is 480 Å². The highest BCUT2D eigenvalue weighted by Crippen LogP contribution is 2.24. The molecule has 0 aromatic heterocycles. The zero-order valence-electron chi connectivity index (χ0n) is 65.2. The summed E-state index contributed by atoms with van der Waals surface area (Å²) in [6.07, 6.45) is 93.2. The molecule has 0 aromatic carbocycles. The van der Waals surface area contributed by atoms with Crippen LogP contribution in [0.15, 0.2) is 48.6 Å². The Bertz CT molecular complexity index is 1790. The van der Waals surface area contributed by atoms with E-state index in [9.17, 15) is 35.1 Å². The number of hydrogen-bond acceptors (Lipinski definition) is 10. The van der Waals surface area contributed by atoms with Crippen LogP contribution in [0.3, 0.4) is 0 Å². The summed E-state index contributed by atoms with van der Waals surface area (Å²) < 4.78 is 16.8. The zero-order chi connectivity index (χ0) is 71.5. The molecule has 1 fully saturated rings. The fourth-order valence-electron chi connectivity index (χ4n) is 13.9. The van der Waals surface area contributed by atoms with Crippen molar-refractivity contribution in [1.29, 1.82) is 0 Å². The molecule has 1 rings (SSSR count). The Hall–Kier alpha value is -2.38. The molecule has 99 heavy (non-hydrogen) atoms. The SMILES string of the molecule is CCCCCC/C=C/CC/C=C/CC/C=C/C(O)C(COC1OC(CO)C(O)C(O)C1O)NC(=O)CCCCCCCCCCCCCCCCCCC/C=C\CCCCCCCCCCCCCCCCCCCCOC(=O)CCCCCCCCCCCCCCCCCCCC. The number of hydrogen-bond donors (Lipinski definition) is 6. The van der Waals surface area contributed by atoms with Crippen molar-refractivity contribution in [3.63, 3.8) is 0 Å². The van der Waals surface area contributed by atoms with E-state index in [2.05, 4.69) is 55.6 Å². The summed E-state index contributed by atoms with van der Waals surface area (Å²) >= 11 is 0. The van der Waals surface area contributed by atoms with Gasteiger partial charge in [-0.15, -0.1) is 0 Å². The van der Waals surface area contributed by atoms with Gasteiger partial charge in [0.25, 0.3) is 0 Å². The second-order valence-corrected chi connectivity index (χ2v) is 30.2. The van der Waals surface area contributed by atoms with E-state index in [0.29, 0.717) is 19.4 Å². The molecule has 6 N–H and O–H groups in total. The number of rotatable bonds is 78. The molecule has 1 aliphatic rings. The van der Waals surface area contributed by atoms with Gasteiger partial charge in [0.2, 0.25) is 5.91 Å². The minimum Gasteiger partial charge on any atom is -0.466 e. The van der Waals surface area contributed by atoms with Crippen molar-refractivity contribution >= 4 is 11.9 Å². The monoisotopic (exact) mass is 1400 g/mol. The van der Waals surface area contributed by atoms with Crippen LogP contribution >= 0.6 is 0 Å². The van der Waals surface area contributed by atoms with Crippen LogP contribution in [0.5, 0.6) is 0 Å². The molecule has 582 valence electrons. The minimum atomic E-state index is -1.58. The molecule has 0 bridgehead atoms. The lowest BCUT2D eigenvalue weighted by atomic mass is 9.99. The Balaban J connectivity index is 1.87. The molecule has 0 aromatic rings. The Labute approximate surface area is 612 Å². The van der Waals surface area contributed by atoms with Gasteiger partial charge in [0.05, 0.1) is 32.0 Å². The van der Waals surface area contributed by atoms with E-state index >= 15 is 0 Å². The summed E-state index contributed by atoms with van der Waals surface area (Å²) in [5.41, 5.74) is 0. The van der Waals surface area contributed by atoms with Crippen molar-refractivity contribution in [3.05, 3.63) is 48.6 Å². The molecule has 7 atom stereocenters. The number of allylic oxidation sites excluding steroid dienone is 7. The van der Waals surface area contributed by atoms with Crippen LogP contribution in [0.25, 0.3) is 0 Å². The van der Waals surface area contributed by atoms with Crippen LogP contribution in [-0.2, 0) is 23.8 Å². The molecule has 1 saturated heterocycles. The van der Waals surface area contributed by atoms with Crippen molar-refractivity contribution in [3.8, 4) is 0 Å². The van der Waals surface area contributed by atoms with Crippen LogP contribution in [0, 0.1) is 0 Å². The molecule has 1 amide bonds. The topological polar surface area (TPSA) is 175 Å². The lowest BCUT2D eigenvalue weighted by molar-refractivity contribution is -0.302. The molecule has 0 saturated carbocycles. The third kappa shape index (κ3) is 64.9. The van der Waals surface area contributed by atoms with Crippen molar-refractivity contribution in [1.82, 2.24) is 5.32 Å². The second-order valence-electron chi connectivity index (χ2n) is 30.2. The summed E-state index contributed by atoms with van der Waals surface area (Å²) in [5.74, 6) is -0.169. The van der Waals surface area contributed by atoms with E-state index in [1.807, 2.05) is 6.08 Å². The first-order valence-electron chi connectivity index (χ1n) is 43.4. The average Bonchev–Trinajstić information content (AvgIpc) is 0.825. The summed E-state index contributed by atoms with van der Waals surface area (Å²) in [5, 5.41) is 54.6. The maximum absolute atomic E-state index is 13.1. The highest BCUT2D eigenvalue weighted by atomic mass is 16.7. The molecule has 11 nitrogen and oxygen atoms in total. The normalized spacial score (nSPS) is 17.3. The van der Waals surface area contributed by atoms with Crippen LogP contribution in [0.4, 0.5) is 0 Å². The molecular weight excluding hydrogens is 1230 g/mol. The second kappa shape index (κ2) is 76.7. The smallest absolute Gasteiger partial charge is 0.305 e. The maximum atomic E-state index is 13.1. The number of aliphatic hydroxyl groups is 5. The van der Waals surface area contributed by atoms with Gasteiger partial charge in [0, 0.05) is 12.8 Å². The molecule has 0 aliphatic carbocycles. The molecular formula is C88H165NO10. The van der Waals surface area contributed by atoms with Crippen LogP contribution in [0.1, 0.15) is 438 Å². The van der Waals surface area contributed by atoms with Crippen molar-refractivity contribution in [2.75, 3.05) is 19.8 Å². The predicted molar refractivity (Wildman–Crippen MR) is 421 cm³/mol. The Kier molecular flexibility index (Phi) is 73.4. The van der Waals surface area contributed by atoms with E-state index in [1.54, 1.807) is 6.08 Å². The fraction of sp³-hybridized carbons (Fsp3) is 0.886. The third-order valence-electron chi connectivity index (χ3n) is 20.6.